The molecule has 0 fully saturated rings. The molecule has 10 nitrogen and oxygen atoms in total. The zero-order chi connectivity index (χ0) is 29.4. The molecule has 2 aliphatic rings. The number of anilines is 3. The number of nitrogens with one attached hydrogen (secondary N) is 1. The first kappa shape index (κ1) is 27.0. The molecule has 0 aliphatic carbocycles. The van der Waals surface area contributed by atoms with Crippen molar-refractivity contribution in [1.29, 1.82) is 0 Å². The second-order valence-electron chi connectivity index (χ2n) is 10.5. The van der Waals surface area contributed by atoms with E-state index in [0.29, 0.717) is 61.3 Å². The zero-order valence-electron chi connectivity index (χ0n) is 23.3. The average molecular weight is 592 g/mol. The summed E-state index contributed by atoms with van der Waals surface area (Å²) in [6.07, 6.45) is 3.18. The van der Waals surface area contributed by atoms with Crippen LogP contribution < -0.4 is 19.9 Å². The number of fused-ring (bicyclic) bond motifs is 4. The highest BCUT2D eigenvalue weighted by atomic mass is 35.5. The number of aromatic nitrogens is 4. The Balaban J connectivity index is 1.72. The van der Waals surface area contributed by atoms with Crippen LogP contribution in [-0.4, -0.2) is 52.5 Å². The average Bonchev–Trinajstić information content (AvgIpc) is 3.53. The summed E-state index contributed by atoms with van der Waals surface area (Å²) >= 11 is 12.7. The van der Waals surface area contributed by atoms with Crippen molar-refractivity contribution >= 4 is 52.2 Å². The smallest absolute Gasteiger partial charge is 0.280 e. The number of rotatable bonds is 5. The Labute approximate surface area is 246 Å². The van der Waals surface area contributed by atoms with Crippen LogP contribution in [-0.2, 0) is 10.3 Å². The highest BCUT2D eigenvalue weighted by Crippen LogP contribution is 2.55. The summed E-state index contributed by atoms with van der Waals surface area (Å²) in [6.45, 7) is 5.72. The minimum Gasteiger partial charge on any atom is -0.496 e. The van der Waals surface area contributed by atoms with Gasteiger partial charge < -0.3 is 19.5 Å². The van der Waals surface area contributed by atoms with Gasteiger partial charge in [0.2, 0.25) is 0 Å². The molecule has 0 saturated carbocycles. The largest absolute Gasteiger partial charge is 0.496 e. The molecule has 1 N–H and O–H groups in total. The van der Waals surface area contributed by atoms with Crippen LogP contribution in [0.1, 0.15) is 47.3 Å². The molecule has 210 valence electrons. The molecule has 2 aliphatic heterocycles. The number of pyridine rings is 2. The number of ether oxygens (including phenoxy) is 1. The lowest BCUT2D eigenvalue weighted by Crippen LogP contribution is -2.51. The maximum absolute atomic E-state index is 14.5. The highest BCUT2D eigenvalue weighted by Gasteiger charge is 2.64. The monoisotopic (exact) mass is 591 g/mol. The topological polar surface area (TPSA) is 105 Å². The van der Waals surface area contributed by atoms with E-state index in [1.807, 2.05) is 43.5 Å². The SMILES string of the molecule is COc1cc(N(C)C)ncc1-c1nc2c(n1C(C)C)[C@]1(C(=O)Nc3cc(Cl)ccc31)N(c1cc(Cl)cnc1C)C2=O. The van der Waals surface area contributed by atoms with Gasteiger partial charge in [0.25, 0.3) is 11.8 Å². The maximum Gasteiger partial charge on any atom is 0.280 e. The van der Waals surface area contributed by atoms with E-state index < -0.39 is 17.4 Å². The molecule has 0 saturated heterocycles. The molecule has 12 heteroatoms. The molecule has 2 amide bonds. The molecule has 4 aromatic rings. The summed E-state index contributed by atoms with van der Waals surface area (Å²) in [7, 11) is 5.34. The van der Waals surface area contributed by atoms with E-state index in [1.54, 1.807) is 44.5 Å². The first-order valence-electron chi connectivity index (χ1n) is 12.9. The van der Waals surface area contributed by atoms with Gasteiger partial charge in [0.15, 0.2) is 11.2 Å². The van der Waals surface area contributed by atoms with Crippen LogP contribution in [0, 0.1) is 6.92 Å². The van der Waals surface area contributed by atoms with Crippen LogP contribution in [0.15, 0.2) is 42.7 Å². The Kier molecular flexibility index (Phi) is 6.24. The van der Waals surface area contributed by atoms with Gasteiger partial charge in [0.05, 0.1) is 34.8 Å². The Bertz CT molecular complexity index is 1770. The van der Waals surface area contributed by atoms with E-state index in [0.717, 1.165) is 0 Å². The van der Waals surface area contributed by atoms with Crippen molar-refractivity contribution in [1.82, 2.24) is 19.5 Å². The fourth-order valence-electron chi connectivity index (χ4n) is 5.73. The predicted molar refractivity (Wildman–Crippen MR) is 158 cm³/mol. The number of imidazole rings is 1. The quantitative estimate of drug-likeness (QED) is 0.328. The number of carbonyl (C=O) groups is 2. The van der Waals surface area contributed by atoms with Gasteiger partial charge in [0, 0.05) is 54.9 Å². The number of amides is 2. The van der Waals surface area contributed by atoms with Crippen molar-refractivity contribution in [3.05, 3.63) is 75.4 Å². The summed E-state index contributed by atoms with van der Waals surface area (Å²) in [6, 6.07) is 8.39. The van der Waals surface area contributed by atoms with Gasteiger partial charge >= 0.3 is 0 Å². The van der Waals surface area contributed by atoms with Crippen LogP contribution in [0.5, 0.6) is 5.75 Å². The summed E-state index contributed by atoms with van der Waals surface area (Å²) in [4.78, 5) is 46.0. The molecule has 5 heterocycles. The van der Waals surface area contributed by atoms with Crippen LogP contribution in [0.25, 0.3) is 11.4 Å². The van der Waals surface area contributed by atoms with Crippen molar-refractivity contribution < 1.29 is 14.3 Å². The summed E-state index contributed by atoms with van der Waals surface area (Å²) in [5.41, 5.74) is 1.57. The van der Waals surface area contributed by atoms with Crippen LogP contribution in [0.3, 0.4) is 0 Å². The molecule has 1 spiro atoms. The maximum atomic E-state index is 14.5. The third-order valence-corrected chi connectivity index (χ3v) is 7.94. The van der Waals surface area contributed by atoms with Crippen molar-refractivity contribution in [3.8, 4) is 17.1 Å². The van der Waals surface area contributed by atoms with Gasteiger partial charge in [-0.1, -0.05) is 29.3 Å². The third kappa shape index (κ3) is 3.74. The number of benzene rings is 1. The molecule has 0 bridgehead atoms. The van der Waals surface area contributed by atoms with E-state index in [9.17, 15) is 9.59 Å². The van der Waals surface area contributed by atoms with Crippen molar-refractivity contribution in [2.75, 3.05) is 36.3 Å². The van der Waals surface area contributed by atoms with Crippen LogP contribution in [0.2, 0.25) is 10.0 Å². The Morgan fingerprint density at radius 2 is 1.80 bits per heavy atom. The molecule has 1 aromatic carbocycles. The van der Waals surface area contributed by atoms with Crippen molar-refractivity contribution in [2.24, 2.45) is 0 Å². The van der Waals surface area contributed by atoms with Gasteiger partial charge in [-0.15, -0.1) is 0 Å². The number of carbonyl (C=O) groups excluding carboxylic acids is 2. The third-order valence-electron chi connectivity index (χ3n) is 7.50. The molecule has 41 heavy (non-hydrogen) atoms. The summed E-state index contributed by atoms with van der Waals surface area (Å²) in [5, 5.41) is 3.75. The first-order chi connectivity index (χ1) is 19.5. The lowest BCUT2D eigenvalue weighted by atomic mass is 9.87. The van der Waals surface area contributed by atoms with Crippen molar-refractivity contribution in [2.45, 2.75) is 32.4 Å². The molecular weight excluding hydrogens is 565 g/mol. The van der Waals surface area contributed by atoms with Crippen LogP contribution in [0.4, 0.5) is 17.2 Å². The van der Waals surface area contributed by atoms with E-state index in [-0.39, 0.29) is 11.7 Å². The normalized spacial score (nSPS) is 17.3. The van der Waals surface area contributed by atoms with Gasteiger partial charge in [-0.2, -0.15) is 0 Å². The fourth-order valence-corrected chi connectivity index (χ4v) is 6.06. The molecule has 3 aromatic heterocycles. The fraction of sp³-hybridized carbons (Fsp3) is 0.276. The highest BCUT2D eigenvalue weighted by molar-refractivity contribution is 6.32. The van der Waals surface area contributed by atoms with Gasteiger partial charge in [-0.05, 0) is 39.0 Å². The second-order valence-corrected chi connectivity index (χ2v) is 11.4. The van der Waals surface area contributed by atoms with E-state index in [2.05, 4.69) is 15.3 Å². The number of nitrogens with zero attached hydrogens (tertiary/aromatic N) is 6. The number of hydrogen-bond acceptors (Lipinski definition) is 7. The number of methoxy groups -OCH3 is 1. The van der Waals surface area contributed by atoms with Gasteiger partial charge in [-0.25, -0.2) is 9.97 Å². The van der Waals surface area contributed by atoms with E-state index >= 15 is 0 Å². The molecule has 0 radical (unpaired) electrons. The van der Waals surface area contributed by atoms with Gasteiger partial charge in [0.1, 0.15) is 17.4 Å². The van der Waals surface area contributed by atoms with E-state index in [4.69, 9.17) is 32.9 Å². The molecule has 6 rings (SSSR count). The molecular formula is C29H27Cl2N7O3. The number of halogens is 2. The predicted octanol–water partition coefficient (Wildman–Crippen LogP) is 5.47. The first-order valence-corrected chi connectivity index (χ1v) is 13.7. The van der Waals surface area contributed by atoms with Gasteiger partial charge in [-0.3, -0.25) is 19.5 Å². The molecule has 0 unspecified atom stereocenters. The standard InChI is InChI=1S/C29H27Cl2N7O3/c1-14(2)37-25-24(35-26(37)18-13-33-23(36(4)5)11-22(18)41-6)27(39)38(21-10-17(31)12-32-15(21)3)29(25)19-8-7-16(30)9-20(19)34-28(29)40/h7-14H,1-6H3,(H,34,40)/t29-/m1/s1. The Morgan fingerprint density at radius 3 is 2.49 bits per heavy atom. The number of aryl methyl sites for hydroxylation is 1. The number of hydrogen-bond donors (Lipinski definition) is 1. The molecule has 1 atom stereocenters. The lowest BCUT2D eigenvalue weighted by molar-refractivity contribution is -0.119. The minimum atomic E-state index is -1.61. The summed E-state index contributed by atoms with van der Waals surface area (Å²) in [5.74, 6) is 0.823. The minimum absolute atomic E-state index is 0.143. The lowest BCUT2D eigenvalue weighted by Gasteiger charge is -2.36. The van der Waals surface area contributed by atoms with Crippen molar-refractivity contribution in [3.63, 3.8) is 0 Å². The van der Waals surface area contributed by atoms with E-state index in [1.165, 1.54) is 11.1 Å². The van der Waals surface area contributed by atoms with Crippen LogP contribution >= 0.6 is 23.2 Å². The summed E-state index contributed by atoms with van der Waals surface area (Å²) < 4.78 is 7.66. The second kappa shape index (κ2) is 9.46. The Hall–Kier alpha value is -4.15. The zero-order valence-corrected chi connectivity index (χ0v) is 24.8. The Morgan fingerprint density at radius 1 is 1.05 bits per heavy atom.